The molecule has 0 amide bonds. The van der Waals surface area contributed by atoms with E-state index in [1.807, 2.05) is 0 Å². The van der Waals surface area contributed by atoms with E-state index in [1.54, 1.807) is 30.3 Å². The largest absolute Gasteiger partial charge is 0.481 e. The van der Waals surface area contributed by atoms with Crippen molar-refractivity contribution in [1.82, 2.24) is 0 Å². The summed E-state index contributed by atoms with van der Waals surface area (Å²) in [5.41, 5.74) is -2.34. The third-order valence-electron chi connectivity index (χ3n) is 3.44. The van der Waals surface area contributed by atoms with Gasteiger partial charge in [0, 0.05) is 0 Å². The Bertz CT molecular complexity index is 830. The zero-order chi connectivity index (χ0) is 27.2. The van der Waals surface area contributed by atoms with Gasteiger partial charge in [-0.3, -0.25) is 9.59 Å². The van der Waals surface area contributed by atoms with Gasteiger partial charge in [0.25, 0.3) is 0 Å². The van der Waals surface area contributed by atoms with Gasteiger partial charge in [0.1, 0.15) is 0 Å². The summed E-state index contributed by atoms with van der Waals surface area (Å²) in [6, 6.07) is 8.26. The number of benzene rings is 1. The van der Waals surface area contributed by atoms with Crippen molar-refractivity contribution in [2.75, 3.05) is 0 Å². The van der Waals surface area contributed by atoms with Gasteiger partial charge in [-0.05, 0) is 5.56 Å². The fraction of sp³-hybridized carbons (Fsp3) is 0.333. The molecule has 1 rings (SSSR count). The highest BCUT2D eigenvalue weighted by molar-refractivity contribution is 5.88. The Morgan fingerprint density at radius 2 is 1.00 bits per heavy atom. The van der Waals surface area contributed by atoms with E-state index in [2.05, 4.69) is 0 Å². The van der Waals surface area contributed by atoms with Crippen molar-refractivity contribution < 1.29 is 79.8 Å². The first-order valence-electron chi connectivity index (χ1n) is 8.63. The number of hydrogen-bond acceptors (Lipinski definition) is 10. The molecule has 16 nitrogen and oxygen atoms in total. The SMILES string of the molecule is O=C(O)C(O)C(O)C(=O)O.O=C(O)C(O)c1ccccc1.O=C(O)CC(O)(CC(=O)O)C(=O)O. The fourth-order valence-corrected chi connectivity index (χ4v) is 1.76. The first kappa shape index (κ1) is 32.1. The van der Waals surface area contributed by atoms with E-state index in [9.17, 15) is 28.8 Å². The quantitative estimate of drug-likeness (QED) is 0.160. The summed E-state index contributed by atoms with van der Waals surface area (Å²) in [5, 5.41) is 83.7. The number of aliphatic carboxylic acids is 6. The van der Waals surface area contributed by atoms with Crippen LogP contribution in [0.25, 0.3) is 0 Å². The van der Waals surface area contributed by atoms with Gasteiger partial charge in [0.2, 0.25) is 0 Å². The van der Waals surface area contributed by atoms with Crippen molar-refractivity contribution in [1.29, 1.82) is 0 Å². The molecule has 10 N–H and O–H groups in total. The highest BCUT2D eigenvalue weighted by atomic mass is 16.4. The van der Waals surface area contributed by atoms with E-state index in [1.165, 1.54) is 0 Å². The average Bonchev–Trinajstić information content (AvgIpc) is 2.72. The highest BCUT2D eigenvalue weighted by Crippen LogP contribution is 2.15. The van der Waals surface area contributed by atoms with Crippen molar-refractivity contribution in [2.24, 2.45) is 0 Å². The van der Waals surface area contributed by atoms with Crippen molar-refractivity contribution in [3.63, 3.8) is 0 Å². The molecule has 0 radical (unpaired) electrons. The molecule has 0 heterocycles. The zero-order valence-electron chi connectivity index (χ0n) is 17.0. The topological polar surface area (TPSA) is 305 Å². The molecular formula is C18H22O16. The molecular weight excluding hydrogens is 472 g/mol. The Morgan fingerprint density at radius 1 is 0.647 bits per heavy atom. The van der Waals surface area contributed by atoms with Crippen LogP contribution in [-0.4, -0.2) is 105 Å². The maximum absolute atomic E-state index is 10.3. The predicted molar refractivity (Wildman–Crippen MR) is 103 cm³/mol. The third kappa shape index (κ3) is 12.7. The van der Waals surface area contributed by atoms with Crippen LogP contribution in [0.3, 0.4) is 0 Å². The van der Waals surface area contributed by atoms with Gasteiger partial charge in [-0.25, -0.2) is 19.2 Å². The van der Waals surface area contributed by atoms with Crippen molar-refractivity contribution in [3.05, 3.63) is 35.9 Å². The van der Waals surface area contributed by atoms with E-state index in [0.29, 0.717) is 5.56 Å². The Kier molecular flexibility index (Phi) is 14.0. The molecule has 3 atom stereocenters. The Morgan fingerprint density at radius 3 is 1.24 bits per heavy atom. The lowest BCUT2D eigenvalue weighted by Gasteiger charge is -2.18. The first-order valence-corrected chi connectivity index (χ1v) is 8.63. The van der Waals surface area contributed by atoms with Crippen LogP contribution in [0.15, 0.2) is 30.3 Å². The standard InChI is InChI=1S/C8H8O3.C6H8O7.C4H6O6/c9-7(8(10)11)6-4-2-1-3-5-6;7-3(8)1-6(13,5(11)12)2-4(9)10;5-1(3(7)8)2(6)4(9)10/h1-5,7,9H,(H,10,11);13H,1-2H2,(H,7,8)(H,9,10)(H,11,12);1-2,5-6H,(H,7,8)(H,9,10). The molecule has 34 heavy (non-hydrogen) atoms. The molecule has 0 aliphatic carbocycles. The van der Waals surface area contributed by atoms with Crippen LogP contribution in [0.1, 0.15) is 24.5 Å². The molecule has 1 aromatic carbocycles. The zero-order valence-corrected chi connectivity index (χ0v) is 17.0. The maximum atomic E-state index is 10.3. The Hall–Kier alpha value is -4.12. The number of hydrogen-bond donors (Lipinski definition) is 10. The molecule has 0 fully saturated rings. The molecule has 16 heteroatoms. The second-order valence-corrected chi connectivity index (χ2v) is 6.20. The molecule has 190 valence electrons. The highest BCUT2D eigenvalue weighted by Gasteiger charge is 2.40. The monoisotopic (exact) mass is 494 g/mol. The summed E-state index contributed by atoms with van der Waals surface area (Å²) in [6.07, 6.45) is -8.23. The van der Waals surface area contributed by atoms with Crippen LogP contribution in [0.4, 0.5) is 0 Å². The first-order chi connectivity index (χ1) is 15.5. The smallest absolute Gasteiger partial charge is 0.337 e. The van der Waals surface area contributed by atoms with E-state index >= 15 is 0 Å². The number of carboxylic acid groups (broad SMARTS) is 6. The van der Waals surface area contributed by atoms with Crippen LogP contribution >= 0.6 is 0 Å². The molecule has 1 aromatic rings. The van der Waals surface area contributed by atoms with Crippen LogP contribution in [0, 0.1) is 0 Å². The van der Waals surface area contributed by atoms with Crippen LogP contribution in [-0.2, 0) is 28.8 Å². The van der Waals surface area contributed by atoms with Crippen LogP contribution in [0.2, 0.25) is 0 Å². The molecule has 0 saturated carbocycles. The van der Waals surface area contributed by atoms with Gasteiger partial charge in [0.15, 0.2) is 23.9 Å². The van der Waals surface area contributed by atoms with Crippen LogP contribution < -0.4 is 0 Å². The van der Waals surface area contributed by atoms with E-state index in [4.69, 9.17) is 51.1 Å². The number of carboxylic acids is 6. The minimum Gasteiger partial charge on any atom is -0.481 e. The number of rotatable bonds is 10. The normalized spacial score (nSPS) is 12.8. The predicted octanol–water partition coefficient (Wildman–Crippen LogP) is -2.57. The molecule has 0 spiro atoms. The van der Waals surface area contributed by atoms with Crippen molar-refractivity contribution in [2.45, 2.75) is 36.8 Å². The summed E-state index contributed by atoms with van der Waals surface area (Å²) in [4.78, 5) is 60.3. The summed E-state index contributed by atoms with van der Waals surface area (Å²) in [7, 11) is 0. The molecule has 3 unspecified atom stereocenters. The lowest BCUT2D eigenvalue weighted by molar-refractivity contribution is -0.170. The number of aliphatic hydroxyl groups is 4. The Labute approximate surface area is 189 Å². The van der Waals surface area contributed by atoms with E-state index < -0.39 is 72.6 Å². The molecule has 0 aromatic heterocycles. The van der Waals surface area contributed by atoms with E-state index in [0.717, 1.165) is 0 Å². The molecule has 0 saturated heterocycles. The summed E-state index contributed by atoms with van der Waals surface area (Å²) in [6.45, 7) is 0. The number of aliphatic hydroxyl groups excluding tert-OH is 3. The maximum Gasteiger partial charge on any atom is 0.337 e. The van der Waals surface area contributed by atoms with Gasteiger partial charge in [0.05, 0.1) is 12.8 Å². The Balaban J connectivity index is 0. The minimum atomic E-state index is -2.74. The number of carbonyl (C=O) groups is 6. The third-order valence-corrected chi connectivity index (χ3v) is 3.44. The summed E-state index contributed by atoms with van der Waals surface area (Å²) in [5.74, 6) is -9.78. The van der Waals surface area contributed by atoms with Gasteiger partial charge in [-0.15, -0.1) is 0 Å². The van der Waals surface area contributed by atoms with Crippen LogP contribution in [0.5, 0.6) is 0 Å². The average molecular weight is 494 g/mol. The van der Waals surface area contributed by atoms with Crippen molar-refractivity contribution >= 4 is 35.8 Å². The lowest BCUT2D eigenvalue weighted by atomic mass is 9.96. The fourth-order valence-electron chi connectivity index (χ4n) is 1.76. The van der Waals surface area contributed by atoms with Gasteiger partial charge in [-0.2, -0.15) is 0 Å². The van der Waals surface area contributed by atoms with Gasteiger partial charge >= 0.3 is 35.8 Å². The second kappa shape index (κ2) is 14.9. The molecule has 0 aliphatic rings. The van der Waals surface area contributed by atoms with E-state index in [-0.39, 0.29) is 0 Å². The van der Waals surface area contributed by atoms with Gasteiger partial charge < -0.3 is 51.1 Å². The molecule has 0 aliphatic heterocycles. The lowest BCUT2D eigenvalue weighted by Crippen LogP contribution is -2.42. The molecule has 0 bridgehead atoms. The minimum absolute atomic E-state index is 0.403. The van der Waals surface area contributed by atoms with Gasteiger partial charge in [-0.1, -0.05) is 30.3 Å². The van der Waals surface area contributed by atoms with Crippen molar-refractivity contribution in [3.8, 4) is 0 Å². The summed E-state index contributed by atoms with van der Waals surface area (Å²) >= 11 is 0. The second-order valence-electron chi connectivity index (χ2n) is 6.20. The summed E-state index contributed by atoms with van der Waals surface area (Å²) < 4.78 is 0.